The van der Waals surface area contributed by atoms with Crippen LogP contribution in [-0.4, -0.2) is 30.7 Å². The van der Waals surface area contributed by atoms with Crippen molar-refractivity contribution in [3.63, 3.8) is 0 Å². The Hall–Kier alpha value is -1.84. The van der Waals surface area contributed by atoms with Gasteiger partial charge in [0.1, 0.15) is 5.69 Å². The highest BCUT2D eigenvalue weighted by atomic mass is 32.2. The zero-order valence-corrected chi connectivity index (χ0v) is 11.7. The molecule has 0 bridgehead atoms. The van der Waals surface area contributed by atoms with Gasteiger partial charge >= 0.3 is 7.12 Å². The van der Waals surface area contributed by atoms with Crippen molar-refractivity contribution in [2.24, 2.45) is 0 Å². The van der Waals surface area contributed by atoms with Gasteiger partial charge in [0.25, 0.3) is 10.0 Å². The minimum atomic E-state index is -3.84. The third kappa shape index (κ3) is 2.84. The summed E-state index contributed by atoms with van der Waals surface area (Å²) < 4.78 is 31.7. The van der Waals surface area contributed by atoms with Crippen LogP contribution >= 0.6 is 0 Å². The molecule has 0 aliphatic rings. The average molecular weight is 296 g/mol. The monoisotopic (exact) mass is 296 g/mol. The molecule has 1 aromatic carbocycles. The summed E-state index contributed by atoms with van der Waals surface area (Å²) in [5, 5.41) is 21.7. The molecular weight excluding hydrogens is 283 g/mol. The molecule has 0 radical (unpaired) electrons. The lowest BCUT2D eigenvalue weighted by molar-refractivity contribution is 0.390. The average Bonchev–Trinajstić information content (AvgIpc) is 2.69. The number of aromatic nitrogens is 1. The van der Waals surface area contributed by atoms with Crippen molar-refractivity contribution in [3.05, 3.63) is 35.7 Å². The predicted molar refractivity (Wildman–Crippen MR) is 73.1 cm³/mol. The van der Waals surface area contributed by atoms with Gasteiger partial charge in [0, 0.05) is 5.69 Å². The molecule has 0 atom stereocenters. The third-order valence-corrected chi connectivity index (χ3v) is 4.30. The number of sulfonamides is 1. The van der Waals surface area contributed by atoms with Crippen LogP contribution in [0.1, 0.15) is 11.5 Å². The Morgan fingerprint density at radius 1 is 1.30 bits per heavy atom. The minimum absolute atomic E-state index is 0.0209. The van der Waals surface area contributed by atoms with Crippen LogP contribution in [-0.2, 0) is 10.0 Å². The fourth-order valence-corrected chi connectivity index (χ4v) is 3.21. The first-order chi connectivity index (χ1) is 9.31. The molecule has 0 unspecified atom stereocenters. The molecule has 0 saturated heterocycles. The van der Waals surface area contributed by atoms with E-state index in [9.17, 15) is 8.42 Å². The molecule has 106 valence electrons. The fourth-order valence-electron chi connectivity index (χ4n) is 1.83. The maximum atomic E-state index is 12.2. The number of nitrogens with one attached hydrogen (secondary N) is 1. The lowest BCUT2D eigenvalue weighted by atomic mass is 9.80. The van der Waals surface area contributed by atoms with Crippen LogP contribution in [0.2, 0.25) is 0 Å². The molecule has 2 aromatic rings. The van der Waals surface area contributed by atoms with Crippen LogP contribution in [0.3, 0.4) is 0 Å². The Kier molecular flexibility index (Phi) is 3.84. The van der Waals surface area contributed by atoms with Crippen molar-refractivity contribution in [2.75, 3.05) is 4.72 Å². The molecule has 7 nitrogen and oxygen atoms in total. The largest absolute Gasteiger partial charge is 0.488 e. The normalized spacial score (nSPS) is 11.4. The Balaban J connectivity index is 2.36. The lowest BCUT2D eigenvalue weighted by Gasteiger charge is -2.09. The summed E-state index contributed by atoms with van der Waals surface area (Å²) in [6, 6.07) is 5.82. The van der Waals surface area contributed by atoms with Gasteiger partial charge in [-0.05, 0) is 31.4 Å². The summed E-state index contributed by atoms with van der Waals surface area (Å²) in [6.45, 7) is 3.03. The van der Waals surface area contributed by atoms with E-state index in [0.717, 1.165) is 0 Å². The first-order valence-electron chi connectivity index (χ1n) is 5.73. The van der Waals surface area contributed by atoms with E-state index in [-0.39, 0.29) is 27.5 Å². The van der Waals surface area contributed by atoms with Crippen LogP contribution in [0.5, 0.6) is 0 Å². The van der Waals surface area contributed by atoms with E-state index in [0.29, 0.717) is 0 Å². The summed E-state index contributed by atoms with van der Waals surface area (Å²) in [7, 11) is -5.51. The summed E-state index contributed by atoms with van der Waals surface area (Å²) in [5.74, 6) is 0.188. The second kappa shape index (κ2) is 5.27. The highest BCUT2D eigenvalue weighted by Crippen LogP contribution is 2.21. The van der Waals surface area contributed by atoms with Crippen LogP contribution in [0.4, 0.5) is 5.69 Å². The molecule has 0 spiro atoms. The SMILES string of the molecule is Cc1noc(C)c1S(=O)(=O)Nc1cccc(B(O)O)c1. The van der Waals surface area contributed by atoms with Crippen LogP contribution in [0.25, 0.3) is 0 Å². The molecule has 0 aliphatic carbocycles. The number of benzene rings is 1. The molecule has 0 amide bonds. The van der Waals surface area contributed by atoms with Gasteiger partial charge in [-0.1, -0.05) is 17.3 Å². The second-order valence-corrected chi connectivity index (χ2v) is 5.88. The summed E-state index contributed by atoms with van der Waals surface area (Å²) in [5.41, 5.74) is 0.660. The van der Waals surface area contributed by atoms with Crippen molar-refractivity contribution in [1.82, 2.24) is 5.16 Å². The molecule has 9 heteroatoms. The molecule has 1 aromatic heterocycles. The van der Waals surface area contributed by atoms with Gasteiger partial charge in [-0.3, -0.25) is 4.72 Å². The summed E-state index contributed by atoms with van der Waals surface area (Å²) in [4.78, 5) is -0.0209. The van der Waals surface area contributed by atoms with Gasteiger partial charge in [-0.25, -0.2) is 8.42 Å². The van der Waals surface area contributed by atoms with E-state index >= 15 is 0 Å². The quantitative estimate of drug-likeness (QED) is 0.672. The predicted octanol–water partition coefficient (Wildman–Crippen LogP) is -0.228. The smallest absolute Gasteiger partial charge is 0.423 e. The number of anilines is 1. The van der Waals surface area contributed by atoms with Crippen molar-refractivity contribution >= 4 is 28.3 Å². The highest BCUT2D eigenvalue weighted by Gasteiger charge is 2.24. The van der Waals surface area contributed by atoms with Gasteiger partial charge in [0.15, 0.2) is 10.7 Å². The number of rotatable bonds is 4. The maximum Gasteiger partial charge on any atom is 0.488 e. The molecule has 0 saturated carbocycles. The summed E-state index contributed by atoms with van der Waals surface area (Å²) >= 11 is 0. The zero-order chi connectivity index (χ0) is 14.9. The van der Waals surface area contributed by atoms with Crippen LogP contribution in [0, 0.1) is 13.8 Å². The Morgan fingerprint density at radius 3 is 2.55 bits per heavy atom. The van der Waals surface area contributed by atoms with E-state index in [1.54, 1.807) is 0 Å². The van der Waals surface area contributed by atoms with E-state index in [1.165, 1.54) is 38.1 Å². The molecule has 1 heterocycles. The standard InChI is InChI=1S/C11H13BN2O5S/c1-7-11(8(2)19-13-7)20(17,18)14-10-5-3-4-9(6-10)12(15)16/h3-6,14-16H,1-2H3. The van der Waals surface area contributed by atoms with E-state index < -0.39 is 17.1 Å². The molecule has 20 heavy (non-hydrogen) atoms. The summed E-state index contributed by atoms with van der Waals surface area (Å²) in [6.07, 6.45) is 0. The molecule has 0 fully saturated rings. The zero-order valence-electron chi connectivity index (χ0n) is 10.9. The number of hydrogen-bond acceptors (Lipinski definition) is 6. The van der Waals surface area contributed by atoms with E-state index in [2.05, 4.69) is 9.88 Å². The van der Waals surface area contributed by atoms with Crippen molar-refractivity contribution in [1.29, 1.82) is 0 Å². The number of nitrogens with zero attached hydrogens (tertiary/aromatic N) is 1. The van der Waals surface area contributed by atoms with E-state index in [4.69, 9.17) is 14.6 Å². The number of hydrogen-bond donors (Lipinski definition) is 3. The maximum absolute atomic E-state index is 12.2. The fraction of sp³-hybridized carbons (Fsp3) is 0.182. The first kappa shape index (κ1) is 14.6. The van der Waals surface area contributed by atoms with Gasteiger partial charge in [0.05, 0.1) is 0 Å². The lowest BCUT2D eigenvalue weighted by Crippen LogP contribution is -2.30. The molecule has 2 rings (SSSR count). The van der Waals surface area contributed by atoms with Crippen molar-refractivity contribution in [3.8, 4) is 0 Å². The highest BCUT2D eigenvalue weighted by molar-refractivity contribution is 7.92. The third-order valence-electron chi connectivity index (χ3n) is 2.67. The Bertz CT molecular complexity index is 707. The second-order valence-electron chi connectivity index (χ2n) is 4.26. The Morgan fingerprint density at radius 2 is 2.00 bits per heavy atom. The van der Waals surface area contributed by atoms with E-state index in [1.807, 2.05) is 0 Å². The molecular formula is C11H13BN2O5S. The van der Waals surface area contributed by atoms with Gasteiger partial charge in [-0.2, -0.15) is 0 Å². The minimum Gasteiger partial charge on any atom is -0.423 e. The van der Waals surface area contributed by atoms with Gasteiger partial charge in [-0.15, -0.1) is 0 Å². The van der Waals surface area contributed by atoms with Gasteiger partial charge in [0.2, 0.25) is 0 Å². The molecule has 0 aliphatic heterocycles. The molecule has 3 N–H and O–H groups in total. The number of aryl methyl sites for hydroxylation is 2. The van der Waals surface area contributed by atoms with Crippen LogP contribution in [0.15, 0.2) is 33.7 Å². The Labute approximate surface area is 116 Å². The van der Waals surface area contributed by atoms with Crippen molar-refractivity contribution in [2.45, 2.75) is 18.7 Å². The van der Waals surface area contributed by atoms with Gasteiger partial charge < -0.3 is 14.6 Å². The topological polar surface area (TPSA) is 113 Å². The van der Waals surface area contributed by atoms with Crippen LogP contribution < -0.4 is 10.2 Å². The van der Waals surface area contributed by atoms with Crippen molar-refractivity contribution < 1.29 is 23.0 Å². The first-order valence-corrected chi connectivity index (χ1v) is 7.21.